The van der Waals surface area contributed by atoms with Crippen LogP contribution in [0.4, 0.5) is 11.4 Å². The lowest BCUT2D eigenvalue weighted by molar-refractivity contribution is 0.112. The molecule has 0 radical (unpaired) electrons. The molecule has 0 heterocycles. The average Bonchev–Trinajstić information content (AvgIpc) is 2.48. The van der Waals surface area contributed by atoms with Crippen LogP contribution in [0, 0.1) is 0 Å². The largest absolute Gasteiger partial charge is 0.507 e. The van der Waals surface area contributed by atoms with Crippen LogP contribution in [0.2, 0.25) is 0 Å². The number of aldehydes is 1. The topological polar surface area (TPSA) is 71.2 Å². The van der Waals surface area contributed by atoms with Crippen molar-refractivity contribution in [3.05, 3.63) is 48.0 Å². The maximum absolute atomic E-state index is 10.7. The lowest BCUT2D eigenvalue weighted by Crippen LogP contribution is -1.89. The van der Waals surface area contributed by atoms with E-state index in [1.54, 1.807) is 18.2 Å². The van der Waals surface area contributed by atoms with Gasteiger partial charge in [-0.2, -0.15) is 10.2 Å². The molecule has 1 N–H and O–H groups in total. The SMILES string of the molecule is CCOc1ccc(N=Nc2ccc(O)c(C=O)c2)cc1. The van der Waals surface area contributed by atoms with Crippen molar-refractivity contribution in [1.29, 1.82) is 0 Å². The molecule has 5 heteroatoms. The number of aromatic hydroxyl groups is 1. The molecule has 2 aromatic carbocycles. The second-order valence-electron chi connectivity index (χ2n) is 3.99. The van der Waals surface area contributed by atoms with E-state index < -0.39 is 0 Å². The highest BCUT2D eigenvalue weighted by Gasteiger charge is 2.00. The minimum absolute atomic E-state index is 0.0694. The van der Waals surface area contributed by atoms with Gasteiger partial charge in [-0.05, 0) is 49.4 Å². The molecule has 5 nitrogen and oxygen atoms in total. The van der Waals surface area contributed by atoms with Crippen molar-refractivity contribution in [3.8, 4) is 11.5 Å². The van der Waals surface area contributed by atoms with Gasteiger partial charge in [0.15, 0.2) is 6.29 Å². The molecule has 0 aromatic heterocycles. The van der Waals surface area contributed by atoms with Crippen molar-refractivity contribution in [1.82, 2.24) is 0 Å². The van der Waals surface area contributed by atoms with E-state index in [2.05, 4.69) is 10.2 Å². The summed E-state index contributed by atoms with van der Waals surface area (Å²) < 4.78 is 5.33. The summed E-state index contributed by atoms with van der Waals surface area (Å²) >= 11 is 0. The number of azo groups is 1. The molecule has 0 amide bonds. The first-order chi connectivity index (χ1) is 9.72. The quantitative estimate of drug-likeness (QED) is 0.658. The smallest absolute Gasteiger partial charge is 0.153 e. The average molecular weight is 270 g/mol. The van der Waals surface area contributed by atoms with Gasteiger partial charge in [0.2, 0.25) is 0 Å². The molecule has 2 aromatic rings. The van der Waals surface area contributed by atoms with E-state index in [1.165, 1.54) is 12.1 Å². The molecular weight excluding hydrogens is 256 g/mol. The Balaban J connectivity index is 2.14. The first kappa shape index (κ1) is 13.7. The molecular formula is C15H14N2O3. The summed E-state index contributed by atoms with van der Waals surface area (Å²) in [6, 6.07) is 11.7. The Bertz CT molecular complexity index is 622. The van der Waals surface area contributed by atoms with Gasteiger partial charge in [-0.1, -0.05) is 0 Å². The third-order valence-corrected chi connectivity index (χ3v) is 2.57. The fourth-order valence-electron chi connectivity index (χ4n) is 1.59. The summed E-state index contributed by atoms with van der Waals surface area (Å²) in [5.41, 5.74) is 1.36. The Hall–Kier alpha value is -2.69. The van der Waals surface area contributed by atoms with E-state index >= 15 is 0 Å². The highest BCUT2D eigenvalue weighted by atomic mass is 16.5. The van der Waals surface area contributed by atoms with Crippen LogP contribution in [0.3, 0.4) is 0 Å². The number of phenols is 1. The van der Waals surface area contributed by atoms with Gasteiger partial charge in [0.25, 0.3) is 0 Å². The molecule has 0 saturated carbocycles. The first-order valence-electron chi connectivity index (χ1n) is 6.15. The third-order valence-electron chi connectivity index (χ3n) is 2.57. The molecule has 0 aliphatic carbocycles. The summed E-state index contributed by atoms with van der Waals surface area (Å²) in [4.78, 5) is 10.7. The Morgan fingerprint density at radius 2 is 1.75 bits per heavy atom. The molecule has 102 valence electrons. The van der Waals surface area contributed by atoms with E-state index in [-0.39, 0.29) is 11.3 Å². The highest BCUT2D eigenvalue weighted by Crippen LogP contribution is 2.24. The molecule has 0 spiro atoms. The predicted molar refractivity (Wildman–Crippen MR) is 75.3 cm³/mol. The lowest BCUT2D eigenvalue weighted by atomic mass is 10.2. The minimum Gasteiger partial charge on any atom is -0.507 e. The second kappa shape index (κ2) is 6.47. The molecule has 0 aliphatic rings. The predicted octanol–water partition coefficient (Wildman–Crippen LogP) is 4.02. The van der Waals surface area contributed by atoms with Crippen LogP contribution in [-0.4, -0.2) is 18.0 Å². The molecule has 0 atom stereocenters. The van der Waals surface area contributed by atoms with Gasteiger partial charge < -0.3 is 9.84 Å². The number of nitrogens with zero attached hydrogens (tertiary/aromatic N) is 2. The van der Waals surface area contributed by atoms with Crippen molar-refractivity contribution in [3.63, 3.8) is 0 Å². The number of rotatable bonds is 5. The summed E-state index contributed by atoms with van der Waals surface area (Å²) in [5.74, 6) is 0.708. The number of carbonyl (C=O) groups excluding carboxylic acids is 1. The first-order valence-corrected chi connectivity index (χ1v) is 6.15. The van der Waals surface area contributed by atoms with Crippen molar-refractivity contribution in [2.45, 2.75) is 6.92 Å². The normalized spacial score (nSPS) is 10.7. The number of carbonyl (C=O) groups is 1. The Morgan fingerprint density at radius 1 is 1.10 bits per heavy atom. The molecule has 0 bridgehead atoms. The summed E-state index contributed by atoms with van der Waals surface area (Å²) in [6.45, 7) is 2.53. The van der Waals surface area contributed by atoms with Crippen LogP contribution in [0.15, 0.2) is 52.7 Å². The van der Waals surface area contributed by atoms with Crippen molar-refractivity contribution in [2.24, 2.45) is 10.2 Å². The number of hydrogen-bond acceptors (Lipinski definition) is 5. The zero-order valence-electron chi connectivity index (χ0n) is 11.0. The molecule has 0 fully saturated rings. The van der Waals surface area contributed by atoms with Crippen molar-refractivity contribution >= 4 is 17.7 Å². The van der Waals surface area contributed by atoms with Crippen LogP contribution in [0.5, 0.6) is 11.5 Å². The van der Waals surface area contributed by atoms with Gasteiger partial charge >= 0.3 is 0 Å². The van der Waals surface area contributed by atoms with Gasteiger partial charge in [-0.15, -0.1) is 0 Å². The summed E-state index contributed by atoms with van der Waals surface area (Å²) in [5, 5.41) is 17.5. The summed E-state index contributed by atoms with van der Waals surface area (Å²) in [7, 11) is 0. The zero-order chi connectivity index (χ0) is 14.4. The Kier molecular flexibility index (Phi) is 4.44. The van der Waals surface area contributed by atoms with Gasteiger partial charge in [-0.25, -0.2) is 0 Å². The van der Waals surface area contributed by atoms with Gasteiger partial charge in [0.1, 0.15) is 11.5 Å². The van der Waals surface area contributed by atoms with E-state index in [9.17, 15) is 9.90 Å². The zero-order valence-corrected chi connectivity index (χ0v) is 11.0. The molecule has 0 unspecified atom stereocenters. The number of phenolic OH excluding ortho intramolecular Hbond substituents is 1. The maximum Gasteiger partial charge on any atom is 0.153 e. The van der Waals surface area contributed by atoms with Gasteiger partial charge in [0, 0.05) is 0 Å². The van der Waals surface area contributed by atoms with Crippen LogP contribution < -0.4 is 4.74 Å². The Morgan fingerprint density at radius 3 is 2.40 bits per heavy atom. The lowest BCUT2D eigenvalue weighted by Gasteiger charge is -2.01. The van der Waals surface area contributed by atoms with E-state index in [0.29, 0.717) is 24.3 Å². The van der Waals surface area contributed by atoms with Crippen LogP contribution >= 0.6 is 0 Å². The van der Waals surface area contributed by atoms with Gasteiger partial charge in [-0.3, -0.25) is 4.79 Å². The van der Waals surface area contributed by atoms with Crippen molar-refractivity contribution in [2.75, 3.05) is 6.61 Å². The fraction of sp³-hybridized carbons (Fsp3) is 0.133. The molecule has 0 aliphatic heterocycles. The number of benzene rings is 2. The standard InChI is InChI=1S/C15H14N2O3/c1-2-20-14-6-3-12(4-7-14)16-17-13-5-8-15(19)11(9-13)10-18/h3-10,19H,2H2,1H3. The second-order valence-corrected chi connectivity index (χ2v) is 3.99. The van der Waals surface area contributed by atoms with E-state index in [4.69, 9.17) is 4.74 Å². The monoisotopic (exact) mass is 270 g/mol. The fourth-order valence-corrected chi connectivity index (χ4v) is 1.59. The van der Waals surface area contributed by atoms with Crippen LogP contribution in [0.1, 0.15) is 17.3 Å². The van der Waals surface area contributed by atoms with E-state index in [0.717, 1.165) is 5.75 Å². The van der Waals surface area contributed by atoms with Crippen LogP contribution in [-0.2, 0) is 0 Å². The molecule has 2 rings (SSSR count). The van der Waals surface area contributed by atoms with E-state index in [1.807, 2.05) is 19.1 Å². The number of ether oxygens (including phenoxy) is 1. The molecule has 20 heavy (non-hydrogen) atoms. The van der Waals surface area contributed by atoms with Gasteiger partial charge in [0.05, 0.1) is 23.5 Å². The third kappa shape index (κ3) is 3.41. The number of hydrogen-bond donors (Lipinski definition) is 1. The van der Waals surface area contributed by atoms with Crippen molar-refractivity contribution < 1.29 is 14.6 Å². The minimum atomic E-state index is -0.0694. The van der Waals surface area contributed by atoms with Crippen LogP contribution in [0.25, 0.3) is 0 Å². The highest BCUT2D eigenvalue weighted by molar-refractivity contribution is 5.80. The maximum atomic E-state index is 10.7. The molecule has 0 saturated heterocycles. The summed E-state index contributed by atoms with van der Waals surface area (Å²) in [6.07, 6.45) is 0.575. The Labute approximate surface area is 116 Å².